The van der Waals surface area contributed by atoms with E-state index in [2.05, 4.69) is 4.72 Å². The highest BCUT2D eigenvalue weighted by atomic mass is 32.2. The van der Waals surface area contributed by atoms with E-state index in [1.165, 1.54) is 0 Å². The molecule has 0 spiro atoms. The van der Waals surface area contributed by atoms with Gasteiger partial charge in [0.1, 0.15) is 0 Å². The van der Waals surface area contributed by atoms with Gasteiger partial charge in [0.05, 0.1) is 11.9 Å². The normalized spacial score (nSPS) is 15.3. The van der Waals surface area contributed by atoms with Crippen molar-refractivity contribution < 1.29 is 23.0 Å². The van der Waals surface area contributed by atoms with Gasteiger partial charge in [-0.1, -0.05) is 13.0 Å². The van der Waals surface area contributed by atoms with Gasteiger partial charge in [-0.2, -0.15) is 0 Å². The van der Waals surface area contributed by atoms with Gasteiger partial charge < -0.3 is 14.6 Å². The number of ether oxygens (including phenoxy) is 2. The second-order valence-corrected chi connectivity index (χ2v) is 6.56. The lowest BCUT2D eigenvalue weighted by molar-refractivity contribution is 0.166. The first kappa shape index (κ1) is 15.1. The molecule has 0 radical (unpaired) electrons. The van der Waals surface area contributed by atoms with Crippen LogP contribution in [0.3, 0.4) is 0 Å². The van der Waals surface area contributed by atoms with E-state index in [9.17, 15) is 13.5 Å². The quantitative estimate of drug-likeness (QED) is 0.789. The SMILES string of the molecule is CCCS(=O)(=O)NCCC(O)c1ccc2c(c1)OCO2. The summed E-state index contributed by atoms with van der Waals surface area (Å²) in [5, 5.41) is 10.0. The van der Waals surface area contributed by atoms with Gasteiger partial charge >= 0.3 is 0 Å². The zero-order valence-electron chi connectivity index (χ0n) is 11.3. The number of benzene rings is 1. The van der Waals surface area contributed by atoms with Crippen molar-refractivity contribution in [3.05, 3.63) is 23.8 Å². The fourth-order valence-corrected chi connectivity index (χ4v) is 3.09. The number of hydrogen-bond donors (Lipinski definition) is 2. The molecule has 0 aliphatic carbocycles. The van der Waals surface area contributed by atoms with Crippen molar-refractivity contribution >= 4 is 10.0 Å². The number of aliphatic hydroxyl groups excluding tert-OH is 1. The molecule has 2 N–H and O–H groups in total. The molecule has 112 valence electrons. The standard InChI is InChI=1S/C13H19NO5S/c1-2-7-20(16,17)14-6-5-11(15)10-3-4-12-13(8-10)19-9-18-12/h3-4,8,11,14-15H,2,5-7,9H2,1H3. The molecule has 1 aliphatic heterocycles. The first-order valence-corrected chi connectivity index (χ1v) is 8.22. The Morgan fingerprint density at radius 2 is 2.10 bits per heavy atom. The molecule has 0 amide bonds. The number of aliphatic hydroxyl groups is 1. The molecule has 1 atom stereocenters. The Bertz CT molecular complexity index is 558. The van der Waals surface area contributed by atoms with E-state index < -0.39 is 16.1 Å². The third-order valence-corrected chi connectivity index (χ3v) is 4.58. The van der Waals surface area contributed by atoms with Crippen LogP contribution in [0.15, 0.2) is 18.2 Å². The van der Waals surface area contributed by atoms with Crippen molar-refractivity contribution in [1.29, 1.82) is 0 Å². The molecule has 0 saturated heterocycles. The van der Waals surface area contributed by atoms with Crippen LogP contribution >= 0.6 is 0 Å². The van der Waals surface area contributed by atoms with Gasteiger partial charge in [-0.15, -0.1) is 0 Å². The number of sulfonamides is 1. The predicted octanol–water partition coefficient (Wildman–Crippen LogP) is 1.17. The summed E-state index contributed by atoms with van der Waals surface area (Å²) in [4.78, 5) is 0. The average molecular weight is 301 g/mol. The van der Waals surface area contributed by atoms with E-state index in [1.807, 2.05) is 0 Å². The molecule has 0 fully saturated rings. The highest BCUT2D eigenvalue weighted by Gasteiger charge is 2.17. The van der Waals surface area contributed by atoms with Crippen molar-refractivity contribution in [1.82, 2.24) is 4.72 Å². The van der Waals surface area contributed by atoms with Crippen LogP contribution in [0.2, 0.25) is 0 Å². The minimum absolute atomic E-state index is 0.104. The fourth-order valence-electron chi connectivity index (χ4n) is 1.98. The van der Waals surface area contributed by atoms with Gasteiger partial charge in [-0.05, 0) is 30.5 Å². The van der Waals surface area contributed by atoms with Gasteiger partial charge in [0.2, 0.25) is 16.8 Å². The Kier molecular flexibility index (Phi) is 4.85. The highest BCUT2D eigenvalue weighted by Crippen LogP contribution is 2.34. The Morgan fingerprint density at radius 1 is 1.35 bits per heavy atom. The monoisotopic (exact) mass is 301 g/mol. The molecule has 0 bridgehead atoms. The van der Waals surface area contributed by atoms with E-state index in [1.54, 1.807) is 25.1 Å². The van der Waals surface area contributed by atoms with Crippen molar-refractivity contribution in [3.63, 3.8) is 0 Å². The first-order chi connectivity index (χ1) is 9.52. The summed E-state index contributed by atoms with van der Waals surface area (Å²) in [6.45, 7) is 2.20. The summed E-state index contributed by atoms with van der Waals surface area (Å²) in [5.74, 6) is 1.37. The Morgan fingerprint density at radius 3 is 2.85 bits per heavy atom. The highest BCUT2D eigenvalue weighted by molar-refractivity contribution is 7.89. The van der Waals surface area contributed by atoms with Crippen LogP contribution in [0.1, 0.15) is 31.4 Å². The van der Waals surface area contributed by atoms with Crippen molar-refractivity contribution in [3.8, 4) is 11.5 Å². The van der Waals surface area contributed by atoms with Crippen molar-refractivity contribution in [2.24, 2.45) is 0 Å². The third kappa shape index (κ3) is 3.84. The molecule has 0 aromatic heterocycles. The maximum Gasteiger partial charge on any atom is 0.231 e. The smallest absolute Gasteiger partial charge is 0.231 e. The lowest BCUT2D eigenvalue weighted by Gasteiger charge is -2.12. The molecule has 20 heavy (non-hydrogen) atoms. The lowest BCUT2D eigenvalue weighted by atomic mass is 10.1. The molecule has 6 nitrogen and oxygen atoms in total. The maximum absolute atomic E-state index is 11.5. The zero-order valence-corrected chi connectivity index (χ0v) is 12.1. The predicted molar refractivity (Wildman–Crippen MR) is 74.2 cm³/mol. The van der Waals surface area contributed by atoms with Gasteiger partial charge in [0, 0.05) is 6.54 Å². The second kappa shape index (κ2) is 6.43. The van der Waals surface area contributed by atoms with Crippen LogP contribution in [-0.2, 0) is 10.0 Å². The first-order valence-electron chi connectivity index (χ1n) is 6.57. The molecule has 1 heterocycles. The zero-order chi connectivity index (χ0) is 14.6. The van der Waals surface area contributed by atoms with E-state index >= 15 is 0 Å². The van der Waals surface area contributed by atoms with Crippen LogP contribution in [-0.4, -0.2) is 32.6 Å². The molecule has 0 saturated carbocycles. The topological polar surface area (TPSA) is 84.9 Å². The van der Waals surface area contributed by atoms with Crippen LogP contribution < -0.4 is 14.2 Å². The van der Waals surface area contributed by atoms with Crippen molar-refractivity contribution in [2.75, 3.05) is 19.1 Å². The summed E-state index contributed by atoms with van der Waals surface area (Å²) in [6.07, 6.45) is 0.136. The number of nitrogens with one attached hydrogen (secondary N) is 1. The molecule has 2 rings (SSSR count). The Labute approximate surface area is 118 Å². The second-order valence-electron chi connectivity index (χ2n) is 4.63. The fraction of sp³-hybridized carbons (Fsp3) is 0.538. The molecule has 1 aromatic rings. The van der Waals surface area contributed by atoms with Crippen LogP contribution in [0, 0.1) is 0 Å². The number of fused-ring (bicyclic) bond motifs is 1. The Balaban J connectivity index is 1.87. The average Bonchev–Trinajstić information content (AvgIpc) is 2.85. The van der Waals surface area contributed by atoms with Gasteiger partial charge in [0.25, 0.3) is 0 Å². The van der Waals surface area contributed by atoms with E-state index in [4.69, 9.17) is 9.47 Å². The summed E-state index contributed by atoms with van der Waals surface area (Å²) in [6, 6.07) is 5.20. The molecular weight excluding hydrogens is 282 g/mol. The van der Waals surface area contributed by atoms with Crippen molar-refractivity contribution in [2.45, 2.75) is 25.9 Å². The van der Waals surface area contributed by atoms with Gasteiger partial charge in [-0.3, -0.25) is 0 Å². The van der Waals surface area contributed by atoms with E-state index in [-0.39, 0.29) is 19.1 Å². The van der Waals surface area contributed by atoms with E-state index in [0.29, 0.717) is 29.9 Å². The minimum atomic E-state index is -3.22. The molecule has 7 heteroatoms. The van der Waals surface area contributed by atoms with Gasteiger partial charge in [-0.25, -0.2) is 13.1 Å². The molecular formula is C13H19NO5S. The van der Waals surface area contributed by atoms with Crippen LogP contribution in [0.25, 0.3) is 0 Å². The summed E-state index contributed by atoms with van der Waals surface area (Å²) in [5.41, 5.74) is 0.684. The lowest BCUT2D eigenvalue weighted by Crippen LogP contribution is -2.28. The number of rotatable bonds is 7. The summed E-state index contributed by atoms with van der Waals surface area (Å²) in [7, 11) is -3.22. The molecule has 1 aliphatic rings. The van der Waals surface area contributed by atoms with E-state index in [0.717, 1.165) is 0 Å². The van der Waals surface area contributed by atoms with Gasteiger partial charge in [0.15, 0.2) is 11.5 Å². The number of hydrogen-bond acceptors (Lipinski definition) is 5. The van der Waals surface area contributed by atoms with Crippen LogP contribution in [0.5, 0.6) is 11.5 Å². The summed E-state index contributed by atoms with van der Waals surface area (Å²) >= 11 is 0. The van der Waals surface area contributed by atoms with Crippen LogP contribution in [0.4, 0.5) is 0 Å². The Hall–Kier alpha value is -1.31. The summed E-state index contributed by atoms with van der Waals surface area (Å²) < 4.78 is 35.8. The minimum Gasteiger partial charge on any atom is -0.454 e. The largest absolute Gasteiger partial charge is 0.454 e. The molecule has 1 aromatic carbocycles. The third-order valence-electron chi connectivity index (χ3n) is 2.99. The maximum atomic E-state index is 11.5. The molecule has 1 unspecified atom stereocenters.